The van der Waals surface area contributed by atoms with Gasteiger partial charge in [-0.1, -0.05) is 11.6 Å². The van der Waals surface area contributed by atoms with Crippen molar-refractivity contribution in [3.63, 3.8) is 0 Å². The second-order valence-corrected chi connectivity index (χ2v) is 4.02. The Kier molecular flexibility index (Phi) is 1.87. The van der Waals surface area contributed by atoms with Crippen LogP contribution in [0.3, 0.4) is 0 Å². The number of nitrogens with two attached hydrogens (primary N) is 1. The van der Waals surface area contributed by atoms with Crippen molar-refractivity contribution in [2.45, 2.75) is 13.2 Å². The Balaban J connectivity index is 2.33. The maximum Gasteiger partial charge on any atom is 0.0943 e. The van der Waals surface area contributed by atoms with E-state index in [9.17, 15) is 0 Å². The number of aromatic nitrogens is 2. The van der Waals surface area contributed by atoms with E-state index in [0.717, 1.165) is 23.1 Å². The molecule has 5 heteroatoms. The van der Waals surface area contributed by atoms with Gasteiger partial charge in [-0.05, 0) is 12.1 Å². The summed E-state index contributed by atoms with van der Waals surface area (Å²) in [5, 5.41) is 6.04. The summed E-state index contributed by atoms with van der Waals surface area (Å²) in [7, 11) is 0. The predicted octanol–water partition coefficient (Wildman–Crippen LogP) is 1.80. The van der Waals surface area contributed by atoms with Gasteiger partial charge in [-0.2, -0.15) is 5.10 Å². The number of halogens is 1. The van der Waals surface area contributed by atoms with E-state index in [1.165, 1.54) is 0 Å². The van der Waals surface area contributed by atoms with E-state index in [1.807, 2.05) is 10.7 Å². The van der Waals surface area contributed by atoms with Crippen LogP contribution in [-0.4, -0.2) is 16.4 Å². The predicted molar refractivity (Wildman–Crippen MR) is 58.8 cm³/mol. The van der Waals surface area contributed by atoms with Gasteiger partial charge in [0.15, 0.2) is 0 Å². The molecule has 15 heavy (non-hydrogen) atoms. The van der Waals surface area contributed by atoms with Crippen LogP contribution in [0.4, 0.5) is 5.69 Å². The highest BCUT2D eigenvalue weighted by molar-refractivity contribution is 6.33. The highest BCUT2D eigenvalue weighted by Crippen LogP contribution is 2.28. The zero-order valence-corrected chi connectivity index (χ0v) is 8.79. The molecule has 0 radical (unpaired) electrons. The molecule has 2 heterocycles. The van der Waals surface area contributed by atoms with Crippen LogP contribution in [-0.2, 0) is 17.9 Å². The molecule has 0 fully saturated rings. The van der Waals surface area contributed by atoms with Crippen molar-refractivity contribution in [3.8, 4) is 0 Å². The van der Waals surface area contributed by atoms with Crippen LogP contribution in [0.2, 0.25) is 5.02 Å². The summed E-state index contributed by atoms with van der Waals surface area (Å²) >= 11 is 5.95. The molecule has 1 aliphatic rings. The van der Waals surface area contributed by atoms with E-state index in [-0.39, 0.29) is 0 Å². The molecule has 0 unspecified atom stereocenters. The summed E-state index contributed by atoms with van der Waals surface area (Å²) in [4.78, 5) is 0. The fourth-order valence-corrected chi connectivity index (χ4v) is 2.04. The fourth-order valence-electron chi connectivity index (χ4n) is 1.88. The minimum atomic E-state index is 0.555. The first-order valence-electron chi connectivity index (χ1n) is 4.78. The Hall–Kier alpha value is -1.26. The number of fused-ring (bicyclic) bond motifs is 3. The van der Waals surface area contributed by atoms with Gasteiger partial charge in [-0.3, -0.25) is 4.68 Å². The number of anilines is 1. The molecule has 78 valence electrons. The van der Waals surface area contributed by atoms with Crippen LogP contribution < -0.4 is 5.73 Å². The lowest BCUT2D eigenvalue weighted by Crippen LogP contribution is -2.17. The summed E-state index contributed by atoms with van der Waals surface area (Å²) in [5.74, 6) is 0. The molecule has 0 saturated carbocycles. The topological polar surface area (TPSA) is 53.1 Å². The van der Waals surface area contributed by atoms with Gasteiger partial charge in [-0.15, -0.1) is 0 Å². The van der Waals surface area contributed by atoms with Crippen LogP contribution in [0.25, 0.3) is 10.9 Å². The molecule has 0 aliphatic carbocycles. The van der Waals surface area contributed by atoms with Crippen molar-refractivity contribution in [2.75, 3.05) is 12.3 Å². The minimum absolute atomic E-state index is 0.555. The lowest BCUT2D eigenvalue weighted by Gasteiger charge is -2.13. The normalized spacial score (nSPS) is 15.5. The average Bonchev–Trinajstić information content (AvgIpc) is 2.57. The van der Waals surface area contributed by atoms with Crippen molar-refractivity contribution in [1.29, 1.82) is 0 Å². The molecule has 0 atom stereocenters. The Morgan fingerprint density at radius 3 is 3.20 bits per heavy atom. The van der Waals surface area contributed by atoms with Crippen LogP contribution in [0.1, 0.15) is 5.69 Å². The fraction of sp³-hybridized carbons (Fsp3) is 0.300. The summed E-state index contributed by atoms with van der Waals surface area (Å²) in [6.07, 6.45) is 0. The number of ether oxygens (including phenoxy) is 1. The van der Waals surface area contributed by atoms with Gasteiger partial charge in [0.2, 0.25) is 0 Å². The number of nitrogen functional groups attached to an aromatic ring is 1. The minimum Gasteiger partial charge on any atom is -0.398 e. The molecule has 1 aliphatic heterocycles. The first-order chi connectivity index (χ1) is 7.25. The lowest BCUT2D eigenvalue weighted by molar-refractivity contribution is 0.0812. The second kappa shape index (κ2) is 3.12. The molecule has 0 amide bonds. The van der Waals surface area contributed by atoms with Gasteiger partial charge >= 0.3 is 0 Å². The first kappa shape index (κ1) is 9.00. The summed E-state index contributed by atoms with van der Waals surface area (Å²) in [6, 6.07) is 3.67. The quantitative estimate of drug-likeness (QED) is 0.693. The van der Waals surface area contributed by atoms with Gasteiger partial charge < -0.3 is 10.5 Å². The Bertz CT molecular complexity index is 535. The van der Waals surface area contributed by atoms with Crippen molar-refractivity contribution in [2.24, 2.45) is 0 Å². The third kappa shape index (κ3) is 1.29. The molecular formula is C10H10ClN3O. The molecule has 0 spiro atoms. The van der Waals surface area contributed by atoms with Gasteiger partial charge in [0, 0.05) is 5.39 Å². The first-order valence-corrected chi connectivity index (χ1v) is 5.15. The molecule has 3 rings (SSSR count). The summed E-state index contributed by atoms with van der Waals surface area (Å²) in [6.45, 7) is 2.10. The standard InChI is InChI=1S/C10H10ClN3O/c11-7-4-9-6(3-8(7)12)10-5-15-2-1-14(10)13-9/h3-4H,1-2,5,12H2. The summed E-state index contributed by atoms with van der Waals surface area (Å²) in [5.41, 5.74) is 8.32. The maximum atomic E-state index is 5.95. The molecule has 4 nitrogen and oxygen atoms in total. The van der Waals surface area contributed by atoms with Crippen molar-refractivity contribution in [3.05, 3.63) is 22.8 Å². The maximum absolute atomic E-state index is 5.95. The van der Waals surface area contributed by atoms with Crippen LogP contribution in [0.5, 0.6) is 0 Å². The number of benzene rings is 1. The van der Waals surface area contributed by atoms with E-state index in [2.05, 4.69) is 5.10 Å². The summed E-state index contributed by atoms with van der Waals surface area (Å²) < 4.78 is 7.36. The molecule has 0 bridgehead atoms. The molecule has 2 aromatic rings. The van der Waals surface area contributed by atoms with Crippen molar-refractivity contribution < 1.29 is 4.74 Å². The number of nitrogens with zero attached hydrogens (tertiary/aromatic N) is 2. The molecule has 1 aromatic carbocycles. The zero-order valence-electron chi connectivity index (χ0n) is 8.03. The van der Waals surface area contributed by atoms with Crippen LogP contribution in [0, 0.1) is 0 Å². The average molecular weight is 224 g/mol. The third-order valence-electron chi connectivity index (χ3n) is 2.65. The van der Waals surface area contributed by atoms with Crippen LogP contribution >= 0.6 is 11.6 Å². The van der Waals surface area contributed by atoms with E-state index in [1.54, 1.807) is 6.07 Å². The van der Waals surface area contributed by atoms with Gasteiger partial charge in [0.05, 0.1) is 41.7 Å². The van der Waals surface area contributed by atoms with Crippen molar-refractivity contribution in [1.82, 2.24) is 9.78 Å². The molecule has 2 N–H and O–H groups in total. The van der Waals surface area contributed by atoms with E-state index >= 15 is 0 Å². The van der Waals surface area contributed by atoms with E-state index in [0.29, 0.717) is 23.9 Å². The zero-order chi connectivity index (χ0) is 10.4. The number of hydrogen-bond acceptors (Lipinski definition) is 3. The second-order valence-electron chi connectivity index (χ2n) is 3.61. The van der Waals surface area contributed by atoms with Gasteiger partial charge in [0.25, 0.3) is 0 Å². The van der Waals surface area contributed by atoms with Crippen LogP contribution in [0.15, 0.2) is 12.1 Å². The third-order valence-corrected chi connectivity index (χ3v) is 2.98. The highest BCUT2D eigenvalue weighted by atomic mass is 35.5. The monoisotopic (exact) mass is 223 g/mol. The SMILES string of the molecule is Nc1cc2c3n(nc2cc1Cl)CCOC3. The van der Waals surface area contributed by atoms with E-state index in [4.69, 9.17) is 22.1 Å². The Labute approximate surface area is 91.6 Å². The Morgan fingerprint density at radius 1 is 1.47 bits per heavy atom. The van der Waals surface area contributed by atoms with Gasteiger partial charge in [0.1, 0.15) is 0 Å². The number of hydrogen-bond donors (Lipinski definition) is 1. The molecule has 1 aromatic heterocycles. The largest absolute Gasteiger partial charge is 0.398 e. The lowest BCUT2D eigenvalue weighted by atomic mass is 10.2. The molecular weight excluding hydrogens is 214 g/mol. The van der Waals surface area contributed by atoms with Gasteiger partial charge in [-0.25, -0.2) is 0 Å². The Morgan fingerprint density at radius 2 is 2.33 bits per heavy atom. The van der Waals surface area contributed by atoms with Crippen molar-refractivity contribution >= 4 is 28.2 Å². The van der Waals surface area contributed by atoms with E-state index < -0.39 is 0 Å². The smallest absolute Gasteiger partial charge is 0.0943 e. The highest BCUT2D eigenvalue weighted by Gasteiger charge is 2.16. The number of rotatable bonds is 0. The molecule has 0 saturated heterocycles.